The van der Waals surface area contributed by atoms with Crippen LogP contribution >= 0.6 is 0 Å². The van der Waals surface area contributed by atoms with Crippen LogP contribution < -0.4 is 5.32 Å². The summed E-state index contributed by atoms with van der Waals surface area (Å²) in [7, 11) is 0. The van der Waals surface area contributed by atoms with E-state index in [1.54, 1.807) is 0 Å². The van der Waals surface area contributed by atoms with Gasteiger partial charge in [0.2, 0.25) is 11.8 Å². The SMILES string of the molecule is O=C(NCc1cc(F)ccc1F)[C@@H]1COCC(=O)N1Cc1ccc(F)cc1. The van der Waals surface area contributed by atoms with E-state index in [-0.39, 0.29) is 37.8 Å². The number of ether oxygens (including phenoxy) is 1. The van der Waals surface area contributed by atoms with Crippen molar-refractivity contribution in [3.8, 4) is 0 Å². The van der Waals surface area contributed by atoms with E-state index in [1.165, 1.54) is 29.2 Å². The van der Waals surface area contributed by atoms with Crippen LogP contribution in [0, 0.1) is 17.5 Å². The molecule has 3 rings (SSSR count). The Bertz CT molecular complexity index is 843. The zero-order valence-electron chi connectivity index (χ0n) is 14.3. The highest BCUT2D eigenvalue weighted by atomic mass is 19.1. The minimum absolute atomic E-state index is 0.00325. The molecule has 27 heavy (non-hydrogen) atoms. The van der Waals surface area contributed by atoms with Crippen molar-refractivity contribution in [1.82, 2.24) is 10.2 Å². The second kappa shape index (κ2) is 8.22. The van der Waals surface area contributed by atoms with Crippen LogP contribution in [0.4, 0.5) is 13.2 Å². The lowest BCUT2D eigenvalue weighted by Gasteiger charge is -2.34. The minimum atomic E-state index is -0.923. The molecular formula is C19H17F3N2O3. The molecule has 1 atom stereocenters. The topological polar surface area (TPSA) is 58.6 Å². The maximum Gasteiger partial charge on any atom is 0.249 e. The molecule has 1 fully saturated rings. The molecule has 1 aliphatic heterocycles. The standard InChI is InChI=1S/C19H17F3N2O3/c20-14-3-1-12(2-4-14)9-24-17(10-27-11-18(24)25)19(26)23-8-13-7-15(21)5-6-16(13)22/h1-7,17H,8-11H2,(H,23,26)/t17-/m0/s1. The largest absolute Gasteiger partial charge is 0.369 e. The van der Waals surface area contributed by atoms with Crippen LogP contribution in [0.3, 0.4) is 0 Å². The zero-order valence-corrected chi connectivity index (χ0v) is 14.3. The molecule has 1 saturated heterocycles. The summed E-state index contributed by atoms with van der Waals surface area (Å²) in [6, 6.07) is 7.61. The van der Waals surface area contributed by atoms with Crippen molar-refractivity contribution in [3.63, 3.8) is 0 Å². The summed E-state index contributed by atoms with van der Waals surface area (Å²) in [6.07, 6.45) is 0. The van der Waals surface area contributed by atoms with Gasteiger partial charge in [-0.1, -0.05) is 12.1 Å². The number of carbonyl (C=O) groups is 2. The fourth-order valence-corrected chi connectivity index (χ4v) is 2.79. The van der Waals surface area contributed by atoms with Gasteiger partial charge in [-0.25, -0.2) is 13.2 Å². The smallest absolute Gasteiger partial charge is 0.249 e. The number of hydrogen-bond donors (Lipinski definition) is 1. The molecule has 1 heterocycles. The van der Waals surface area contributed by atoms with Crippen molar-refractivity contribution < 1.29 is 27.5 Å². The molecule has 2 aromatic carbocycles. The highest BCUT2D eigenvalue weighted by molar-refractivity contribution is 5.89. The third-order valence-electron chi connectivity index (χ3n) is 4.23. The molecule has 8 heteroatoms. The maximum atomic E-state index is 13.7. The van der Waals surface area contributed by atoms with Crippen LogP contribution in [-0.2, 0) is 27.4 Å². The summed E-state index contributed by atoms with van der Waals surface area (Å²) in [6.45, 7) is -0.305. The van der Waals surface area contributed by atoms with Crippen molar-refractivity contribution in [2.45, 2.75) is 19.1 Å². The number of morpholine rings is 1. The number of nitrogens with zero attached hydrogens (tertiary/aromatic N) is 1. The molecular weight excluding hydrogens is 361 g/mol. The number of amides is 2. The van der Waals surface area contributed by atoms with E-state index in [4.69, 9.17) is 4.74 Å². The fourth-order valence-electron chi connectivity index (χ4n) is 2.79. The first kappa shape index (κ1) is 18.9. The number of nitrogens with one attached hydrogen (secondary N) is 1. The Balaban J connectivity index is 1.69. The van der Waals surface area contributed by atoms with Gasteiger partial charge in [-0.15, -0.1) is 0 Å². The Morgan fingerprint density at radius 1 is 1.11 bits per heavy atom. The lowest BCUT2D eigenvalue weighted by molar-refractivity contribution is -0.155. The normalized spacial score (nSPS) is 17.1. The predicted molar refractivity (Wildman–Crippen MR) is 89.8 cm³/mol. The second-order valence-electron chi connectivity index (χ2n) is 6.13. The van der Waals surface area contributed by atoms with E-state index in [1.807, 2.05) is 0 Å². The van der Waals surface area contributed by atoms with E-state index >= 15 is 0 Å². The van der Waals surface area contributed by atoms with Crippen LogP contribution in [0.5, 0.6) is 0 Å². The lowest BCUT2D eigenvalue weighted by atomic mass is 10.1. The molecule has 1 N–H and O–H groups in total. The van der Waals surface area contributed by atoms with Gasteiger partial charge in [-0.3, -0.25) is 9.59 Å². The number of carbonyl (C=O) groups excluding carboxylic acids is 2. The summed E-state index contributed by atoms with van der Waals surface area (Å²) in [5.74, 6) is -2.60. The first-order chi connectivity index (χ1) is 12.9. The van der Waals surface area contributed by atoms with Gasteiger partial charge in [0.25, 0.3) is 0 Å². The molecule has 0 aromatic heterocycles. The second-order valence-corrected chi connectivity index (χ2v) is 6.13. The molecule has 0 radical (unpaired) electrons. The molecule has 0 spiro atoms. The molecule has 2 amide bonds. The fraction of sp³-hybridized carbons (Fsp3) is 0.263. The monoisotopic (exact) mass is 378 g/mol. The molecule has 2 aromatic rings. The van der Waals surface area contributed by atoms with Gasteiger partial charge in [0.15, 0.2) is 0 Å². The maximum absolute atomic E-state index is 13.7. The third kappa shape index (κ3) is 4.65. The zero-order chi connectivity index (χ0) is 19.4. The first-order valence-corrected chi connectivity index (χ1v) is 8.27. The van der Waals surface area contributed by atoms with Crippen molar-refractivity contribution in [1.29, 1.82) is 0 Å². The average molecular weight is 378 g/mol. The first-order valence-electron chi connectivity index (χ1n) is 8.27. The molecule has 0 saturated carbocycles. The quantitative estimate of drug-likeness (QED) is 0.868. The third-order valence-corrected chi connectivity index (χ3v) is 4.23. The van der Waals surface area contributed by atoms with E-state index in [0.29, 0.717) is 5.56 Å². The van der Waals surface area contributed by atoms with Gasteiger partial charge in [0, 0.05) is 18.7 Å². The molecule has 5 nitrogen and oxygen atoms in total. The van der Waals surface area contributed by atoms with Gasteiger partial charge in [-0.2, -0.15) is 0 Å². The summed E-state index contributed by atoms with van der Waals surface area (Å²) in [5, 5.41) is 2.50. The van der Waals surface area contributed by atoms with Crippen LogP contribution in [0.15, 0.2) is 42.5 Å². The summed E-state index contributed by atoms with van der Waals surface area (Å²) in [5.41, 5.74) is 0.650. The predicted octanol–water partition coefficient (Wildman–Crippen LogP) is 2.15. The van der Waals surface area contributed by atoms with Crippen LogP contribution in [0.25, 0.3) is 0 Å². The van der Waals surface area contributed by atoms with Gasteiger partial charge >= 0.3 is 0 Å². The Labute approximate surface area is 153 Å². The summed E-state index contributed by atoms with van der Waals surface area (Å²) < 4.78 is 45.1. The Kier molecular flexibility index (Phi) is 5.75. The summed E-state index contributed by atoms with van der Waals surface area (Å²) >= 11 is 0. The van der Waals surface area contributed by atoms with E-state index in [0.717, 1.165) is 18.2 Å². The van der Waals surface area contributed by atoms with Gasteiger partial charge < -0.3 is 15.0 Å². The van der Waals surface area contributed by atoms with Crippen LogP contribution in [0.2, 0.25) is 0 Å². The molecule has 0 aliphatic carbocycles. The summed E-state index contributed by atoms with van der Waals surface area (Å²) in [4.78, 5) is 26.0. The Morgan fingerprint density at radius 3 is 2.56 bits per heavy atom. The minimum Gasteiger partial charge on any atom is -0.369 e. The Hall–Kier alpha value is -2.87. The molecule has 142 valence electrons. The van der Waals surface area contributed by atoms with Crippen molar-refractivity contribution >= 4 is 11.8 Å². The van der Waals surface area contributed by atoms with Gasteiger partial charge in [0.1, 0.15) is 30.1 Å². The van der Waals surface area contributed by atoms with Crippen LogP contribution in [0.1, 0.15) is 11.1 Å². The van der Waals surface area contributed by atoms with Crippen molar-refractivity contribution in [2.75, 3.05) is 13.2 Å². The van der Waals surface area contributed by atoms with Crippen molar-refractivity contribution in [2.24, 2.45) is 0 Å². The van der Waals surface area contributed by atoms with Gasteiger partial charge in [-0.05, 0) is 35.9 Å². The van der Waals surface area contributed by atoms with Crippen molar-refractivity contribution in [3.05, 3.63) is 71.0 Å². The molecule has 0 unspecified atom stereocenters. The highest BCUT2D eigenvalue weighted by Crippen LogP contribution is 2.15. The highest BCUT2D eigenvalue weighted by Gasteiger charge is 2.34. The van der Waals surface area contributed by atoms with Crippen LogP contribution in [-0.4, -0.2) is 36.0 Å². The lowest BCUT2D eigenvalue weighted by Crippen LogP contribution is -2.55. The van der Waals surface area contributed by atoms with E-state index in [9.17, 15) is 22.8 Å². The average Bonchev–Trinajstić information content (AvgIpc) is 2.65. The molecule has 0 bridgehead atoms. The number of halogens is 3. The van der Waals surface area contributed by atoms with E-state index < -0.39 is 29.4 Å². The molecule has 1 aliphatic rings. The number of rotatable bonds is 5. The van der Waals surface area contributed by atoms with Gasteiger partial charge in [0.05, 0.1) is 6.61 Å². The van der Waals surface area contributed by atoms with E-state index in [2.05, 4.69) is 5.32 Å². The Morgan fingerprint density at radius 2 is 1.81 bits per heavy atom. The number of hydrogen-bond acceptors (Lipinski definition) is 3. The number of benzene rings is 2.